The minimum atomic E-state index is -0.515. The lowest BCUT2D eigenvalue weighted by Crippen LogP contribution is -2.15. The van der Waals surface area contributed by atoms with Gasteiger partial charge >= 0.3 is 11.7 Å². The van der Waals surface area contributed by atoms with E-state index in [1.165, 1.54) is 17.1 Å². The summed E-state index contributed by atoms with van der Waals surface area (Å²) >= 11 is 3.40. The van der Waals surface area contributed by atoms with Crippen LogP contribution in [0.5, 0.6) is 0 Å². The smallest absolute Gasteiger partial charge is 0.308 e. The molecule has 7 nitrogen and oxygen atoms in total. The van der Waals surface area contributed by atoms with Gasteiger partial charge in [0.2, 0.25) is 0 Å². The quantitative estimate of drug-likeness (QED) is 0.407. The summed E-state index contributed by atoms with van der Waals surface area (Å²) in [6.07, 6.45) is 4.48. The van der Waals surface area contributed by atoms with E-state index in [9.17, 15) is 14.9 Å². The van der Waals surface area contributed by atoms with Crippen molar-refractivity contribution in [2.75, 3.05) is 0 Å². The molecular weight excluding hydrogens is 378 g/mol. The summed E-state index contributed by atoms with van der Waals surface area (Å²) in [4.78, 5) is 22.2. The third-order valence-electron chi connectivity index (χ3n) is 3.88. The van der Waals surface area contributed by atoms with Crippen molar-refractivity contribution >= 4 is 27.6 Å². The van der Waals surface area contributed by atoms with Crippen molar-refractivity contribution in [1.82, 2.24) is 9.78 Å². The molecule has 0 radical (unpaired) electrons. The van der Waals surface area contributed by atoms with Crippen molar-refractivity contribution < 1.29 is 14.5 Å². The fourth-order valence-corrected chi connectivity index (χ4v) is 2.73. The number of aromatic nitrogens is 2. The number of halogens is 1. The third kappa shape index (κ3) is 4.19. The molecule has 1 aliphatic rings. The second-order valence-corrected chi connectivity index (χ2v) is 6.68. The molecule has 0 unspecified atom stereocenters. The largest absolute Gasteiger partial charge is 0.457 e. The molecule has 1 saturated carbocycles. The molecule has 1 fully saturated rings. The standard InChI is InChI=1S/C16H16BrN3O4/c17-13-5-3-12(4-6-13)16(11-1-2-11)24-15(21)7-8-19-10-14(9-18-19)20(22)23/h3-6,9-11,16H,1-2,7-8H2/t16-/m1/s1. The predicted octanol–water partition coefficient (Wildman–Crippen LogP) is 3.64. The Morgan fingerprint density at radius 2 is 2.12 bits per heavy atom. The van der Waals surface area contributed by atoms with Gasteiger partial charge in [0.15, 0.2) is 0 Å². The SMILES string of the molecule is O=C(CCn1cc([N+](=O)[O-])cn1)O[C@@H](c1ccc(Br)cc1)C1CC1. The topological polar surface area (TPSA) is 87.3 Å². The second kappa shape index (κ2) is 7.12. The van der Waals surface area contributed by atoms with Gasteiger partial charge in [0.05, 0.1) is 17.9 Å². The maximum absolute atomic E-state index is 12.1. The molecule has 126 valence electrons. The van der Waals surface area contributed by atoms with Gasteiger partial charge in [-0.2, -0.15) is 5.10 Å². The summed E-state index contributed by atoms with van der Waals surface area (Å²) in [7, 11) is 0. The van der Waals surface area contributed by atoms with Gasteiger partial charge in [0, 0.05) is 10.4 Å². The fraction of sp³-hybridized carbons (Fsp3) is 0.375. The van der Waals surface area contributed by atoms with Gasteiger partial charge in [-0.05, 0) is 30.5 Å². The molecule has 2 aromatic rings. The lowest BCUT2D eigenvalue weighted by molar-refractivity contribution is -0.385. The predicted molar refractivity (Wildman–Crippen MR) is 89.2 cm³/mol. The zero-order valence-electron chi connectivity index (χ0n) is 12.8. The number of nitro groups is 1. The number of nitrogens with zero attached hydrogens (tertiary/aromatic N) is 3. The number of hydrogen-bond acceptors (Lipinski definition) is 5. The van der Waals surface area contributed by atoms with Crippen LogP contribution in [0.3, 0.4) is 0 Å². The maximum atomic E-state index is 12.1. The summed E-state index contributed by atoms with van der Waals surface area (Å²) < 4.78 is 8.01. The first-order valence-electron chi connectivity index (χ1n) is 7.65. The third-order valence-corrected chi connectivity index (χ3v) is 4.41. The first-order valence-corrected chi connectivity index (χ1v) is 8.44. The van der Waals surface area contributed by atoms with Crippen LogP contribution >= 0.6 is 15.9 Å². The molecule has 0 amide bonds. The van der Waals surface area contributed by atoms with Gasteiger partial charge in [0.1, 0.15) is 18.5 Å². The number of ether oxygens (including phenoxy) is 1. The molecule has 0 saturated heterocycles. The Labute approximate surface area is 146 Å². The van der Waals surface area contributed by atoms with Crippen LogP contribution in [0.4, 0.5) is 5.69 Å². The highest BCUT2D eigenvalue weighted by Crippen LogP contribution is 2.43. The van der Waals surface area contributed by atoms with Crippen LogP contribution < -0.4 is 0 Å². The molecule has 0 N–H and O–H groups in total. The minimum absolute atomic E-state index is 0.0888. The molecule has 1 aliphatic carbocycles. The Hall–Kier alpha value is -2.22. The zero-order valence-corrected chi connectivity index (χ0v) is 14.4. The van der Waals surface area contributed by atoms with Crippen LogP contribution in [0.15, 0.2) is 41.1 Å². The fourth-order valence-electron chi connectivity index (χ4n) is 2.46. The molecule has 1 aromatic heterocycles. The van der Waals surface area contributed by atoms with Crippen LogP contribution in [0.2, 0.25) is 0 Å². The second-order valence-electron chi connectivity index (χ2n) is 5.77. The molecular formula is C16H16BrN3O4. The summed E-state index contributed by atoms with van der Waals surface area (Å²) in [5.74, 6) is 0.0499. The first-order chi connectivity index (χ1) is 11.5. The molecule has 1 aromatic carbocycles. The van der Waals surface area contributed by atoms with Crippen molar-refractivity contribution in [2.45, 2.75) is 31.9 Å². The van der Waals surface area contributed by atoms with Crippen molar-refractivity contribution in [3.63, 3.8) is 0 Å². The van der Waals surface area contributed by atoms with Crippen LogP contribution in [0.1, 0.15) is 30.9 Å². The number of carbonyl (C=O) groups is 1. The van der Waals surface area contributed by atoms with E-state index in [2.05, 4.69) is 21.0 Å². The van der Waals surface area contributed by atoms with Gasteiger partial charge < -0.3 is 4.74 Å². The number of benzene rings is 1. The van der Waals surface area contributed by atoms with Crippen molar-refractivity contribution in [3.05, 3.63) is 56.8 Å². The zero-order chi connectivity index (χ0) is 17.1. The Morgan fingerprint density at radius 3 is 2.71 bits per heavy atom. The van der Waals surface area contributed by atoms with Gasteiger partial charge in [-0.1, -0.05) is 28.1 Å². The summed E-state index contributed by atoms with van der Waals surface area (Å²) in [5.41, 5.74) is 0.901. The van der Waals surface area contributed by atoms with Crippen LogP contribution in [-0.2, 0) is 16.1 Å². The Balaban J connectivity index is 1.57. The van der Waals surface area contributed by atoms with E-state index < -0.39 is 4.92 Å². The Morgan fingerprint density at radius 1 is 1.42 bits per heavy atom. The van der Waals surface area contributed by atoms with Crippen molar-refractivity contribution in [2.24, 2.45) is 5.92 Å². The number of rotatable bonds is 7. The van der Waals surface area contributed by atoms with E-state index in [0.717, 1.165) is 22.9 Å². The normalized spacial score (nSPS) is 15.0. The summed E-state index contributed by atoms with van der Waals surface area (Å²) in [6, 6.07) is 7.78. The molecule has 0 bridgehead atoms. The molecule has 0 spiro atoms. The molecule has 0 aliphatic heterocycles. The van der Waals surface area contributed by atoms with Gasteiger partial charge in [0.25, 0.3) is 0 Å². The Bertz CT molecular complexity index is 740. The molecule has 24 heavy (non-hydrogen) atoms. The highest BCUT2D eigenvalue weighted by molar-refractivity contribution is 9.10. The Kier molecular flexibility index (Phi) is 4.94. The van der Waals surface area contributed by atoms with E-state index in [0.29, 0.717) is 5.92 Å². The van der Waals surface area contributed by atoms with E-state index in [4.69, 9.17) is 4.74 Å². The number of aryl methyl sites for hydroxylation is 1. The number of esters is 1. The maximum Gasteiger partial charge on any atom is 0.308 e. The van der Waals surface area contributed by atoms with Crippen LogP contribution in [-0.4, -0.2) is 20.7 Å². The van der Waals surface area contributed by atoms with E-state index >= 15 is 0 Å². The highest BCUT2D eigenvalue weighted by Gasteiger charge is 2.35. The van der Waals surface area contributed by atoms with Crippen molar-refractivity contribution in [1.29, 1.82) is 0 Å². The molecule has 1 heterocycles. The highest BCUT2D eigenvalue weighted by atomic mass is 79.9. The molecule has 1 atom stereocenters. The van der Waals surface area contributed by atoms with E-state index in [-0.39, 0.29) is 30.7 Å². The number of carbonyl (C=O) groups excluding carboxylic acids is 1. The molecule has 8 heteroatoms. The summed E-state index contributed by atoms with van der Waals surface area (Å²) in [5, 5.41) is 14.5. The average Bonchev–Trinajstić information content (AvgIpc) is 3.28. The van der Waals surface area contributed by atoms with Gasteiger partial charge in [-0.3, -0.25) is 19.6 Å². The first kappa shape index (κ1) is 16.6. The van der Waals surface area contributed by atoms with Crippen LogP contribution in [0.25, 0.3) is 0 Å². The average molecular weight is 394 g/mol. The van der Waals surface area contributed by atoms with E-state index in [1.807, 2.05) is 24.3 Å². The number of hydrogen-bond donors (Lipinski definition) is 0. The van der Waals surface area contributed by atoms with Crippen LogP contribution in [0, 0.1) is 16.0 Å². The van der Waals surface area contributed by atoms with Crippen molar-refractivity contribution in [3.8, 4) is 0 Å². The summed E-state index contributed by atoms with van der Waals surface area (Å²) in [6.45, 7) is 0.254. The van der Waals surface area contributed by atoms with Gasteiger partial charge in [-0.25, -0.2) is 0 Å². The minimum Gasteiger partial charge on any atom is -0.457 e. The van der Waals surface area contributed by atoms with E-state index in [1.54, 1.807) is 0 Å². The molecule has 3 rings (SSSR count). The van der Waals surface area contributed by atoms with Gasteiger partial charge in [-0.15, -0.1) is 0 Å². The lowest BCUT2D eigenvalue weighted by atomic mass is 10.1. The monoisotopic (exact) mass is 393 g/mol. The lowest BCUT2D eigenvalue weighted by Gasteiger charge is -2.18.